The first-order valence-electron chi connectivity index (χ1n) is 5.89. The lowest BCUT2D eigenvalue weighted by atomic mass is 10.2. The molecule has 0 spiro atoms. The Kier molecular flexibility index (Phi) is 5.05. The number of aromatic nitrogens is 2. The first kappa shape index (κ1) is 13.4. The molecule has 1 heterocycles. The predicted octanol–water partition coefficient (Wildman–Crippen LogP) is 3.44. The number of rotatable bonds is 6. The summed E-state index contributed by atoms with van der Waals surface area (Å²) in [6.45, 7) is 1.60. The van der Waals surface area contributed by atoms with Crippen LogP contribution in [0.25, 0.3) is 0 Å². The number of aromatic amines is 1. The Morgan fingerprint density at radius 2 is 2.00 bits per heavy atom. The average Bonchev–Trinajstić information content (AvgIpc) is 2.85. The molecule has 2 rings (SSSR count). The lowest BCUT2D eigenvalue weighted by molar-refractivity contribution is 0.641. The minimum atomic E-state index is 0.691. The zero-order chi connectivity index (χ0) is 12.8. The van der Waals surface area contributed by atoms with Gasteiger partial charge in [-0.05, 0) is 25.1 Å². The van der Waals surface area contributed by atoms with Gasteiger partial charge >= 0.3 is 0 Å². The fourth-order valence-corrected chi connectivity index (χ4v) is 2.26. The van der Waals surface area contributed by atoms with E-state index in [0.717, 1.165) is 30.8 Å². The summed E-state index contributed by atoms with van der Waals surface area (Å²) in [4.78, 5) is 7.26. The smallest absolute Gasteiger partial charge is 0.106 e. The summed E-state index contributed by atoms with van der Waals surface area (Å²) in [6.07, 6.45) is 5.57. The van der Waals surface area contributed by atoms with Crippen molar-refractivity contribution in [3.8, 4) is 0 Å². The molecule has 1 aromatic carbocycles. The van der Waals surface area contributed by atoms with Crippen molar-refractivity contribution in [3.05, 3.63) is 52.0 Å². The molecule has 2 N–H and O–H groups in total. The molecule has 0 aliphatic rings. The summed E-state index contributed by atoms with van der Waals surface area (Å²) in [5.74, 6) is 1.02. The molecule has 2 aromatic rings. The third-order valence-corrected chi connectivity index (χ3v) is 3.39. The summed E-state index contributed by atoms with van der Waals surface area (Å²) in [7, 11) is 0. The molecule has 0 atom stereocenters. The zero-order valence-electron chi connectivity index (χ0n) is 9.92. The van der Waals surface area contributed by atoms with Gasteiger partial charge in [-0.2, -0.15) is 0 Å². The molecule has 18 heavy (non-hydrogen) atoms. The van der Waals surface area contributed by atoms with E-state index >= 15 is 0 Å². The van der Waals surface area contributed by atoms with Crippen LogP contribution < -0.4 is 5.32 Å². The van der Waals surface area contributed by atoms with Crippen LogP contribution in [0.1, 0.15) is 17.8 Å². The molecule has 0 amide bonds. The molecule has 5 heteroatoms. The average molecular weight is 284 g/mol. The van der Waals surface area contributed by atoms with E-state index in [0.29, 0.717) is 16.6 Å². The highest BCUT2D eigenvalue weighted by Gasteiger charge is 2.04. The largest absolute Gasteiger partial charge is 0.349 e. The van der Waals surface area contributed by atoms with Gasteiger partial charge in [0.25, 0.3) is 0 Å². The fourth-order valence-electron chi connectivity index (χ4n) is 1.73. The van der Waals surface area contributed by atoms with Crippen molar-refractivity contribution in [2.75, 3.05) is 6.54 Å². The predicted molar refractivity (Wildman–Crippen MR) is 75.1 cm³/mol. The lowest BCUT2D eigenvalue weighted by Gasteiger charge is -2.08. The molecule has 3 nitrogen and oxygen atoms in total. The Bertz CT molecular complexity index is 463. The summed E-state index contributed by atoms with van der Waals surface area (Å²) >= 11 is 12.2. The number of H-pyrrole nitrogens is 1. The molecule has 0 radical (unpaired) electrons. The van der Waals surface area contributed by atoms with Gasteiger partial charge in [-0.3, -0.25) is 0 Å². The topological polar surface area (TPSA) is 40.7 Å². The Hall–Kier alpha value is -1.03. The molecule has 0 unspecified atom stereocenters. The number of hydrogen-bond donors (Lipinski definition) is 2. The summed E-state index contributed by atoms with van der Waals surface area (Å²) in [5.41, 5.74) is 0.957. The standard InChI is InChI=1S/C13H15Cl2N3/c14-11-3-1-4-12(15)10(11)9-16-6-2-5-13-17-7-8-18-13/h1,3-4,7-8,16H,2,5-6,9H2,(H,17,18). The van der Waals surface area contributed by atoms with Crippen LogP contribution in [-0.2, 0) is 13.0 Å². The molecular formula is C13H15Cl2N3. The van der Waals surface area contributed by atoms with Crippen LogP contribution in [0.2, 0.25) is 10.0 Å². The fraction of sp³-hybridized carbons (Fsp3) is 0.308. The minimum Gasteiger partial charge on any atom is -0.349 e. The first-order valence-corrected chi connectivity index (χ1v) is 6.65. The van der Waals surface area contributed by atoms with Crippen molar-refractivity contribution in [2.45, 2.75) is 19.4 Å². The van der Waals surface area contributed by atoms with E-state index < -0.39 is 0 Å². The number of nitrogens with zero attached hydrogens (tertiary/aromatic N) is 1. The summed E-state index contributed by atoms with van der Waals surface area (Å²) in [5, 5.41) is 4.75. The number of aryl methyl sites for hydroxylation is 1. The van der Waals surface area contributed by atoms with Gasteiger partial charge in [0, 0.05) is 41.0 Å². The first-order chi connectivity index (χ1) is 8.77. The maximum Gasteiger partial charge on any atom is 0.106 e. The number of halogens is 2. The Morgan fingerprint density at radius 1 is 1.22 bits per heavy atom. The summed E-state index contributed by atoms with van der Waals surface area (Å²) in [6, 6.07) is 5.56. The maximum atomic E-state index is 6.08. The number of hydrogen-bond acceptors (Lipinski definition) is 2. The lowest BCUT2D eigenvalue weighted by Crippen LogP contribution is -2.16. The van der Waals surface area contributed by atoms with Gasteiger partial charge in [0.15, 0.2) is 0 Å². The van der Waals surface area contributed by atoms with E-state index in [2.05, 4.69) is 15.3 Å². The highest BCUT2D eigenvalue weighted by molar-refractivity contribution is 6.35. The molecule has 1 aromatic heterocycles. The van der Waals surface area contributed by atoms with Gasteiger partial charge in [-0.25, -0.2) is 4.98 Å². The molecular weight excluding hydrogens is 269 g/mol. The van der Waals surface area contributed by atoms with E-state index in [-0.39, 0.29) is 0 Å². The van der Waals surface area contributed by atoms with Crippen molar-refractivity contribution in [1.29, 1.82) is 0 Å². The van der Waals surface area contributed by atoms with E-state index in [1.54, 1.807) is 6.20 Å². The molecule has 0 saturated carbocycles. The van der Waals surface area contributed by atoms with Gasteiger partial charge in [0.2, 0.25) is 0 Å². The molecule has 0 bridgehead atoms. The van der Waals surface area contributed by atoms with E-state index in [1.807, 2.05) is 24.4 Å². The maximum absolute atomic E-state index is 6.08. The van der Waals surface area contributed by atoms with Crippen molar-refractivity contribution >= 4 is 23.2 Å². The van der Waals surface area contributed by atoms with Crippen molar-refractivity contribution in [1.82, 2.24) is 15.3 Å². The van der Waals surface area contributed by atoms with Crippen LogP contribution in [0, 0.1) is 0 Å². The Labute approximate surface area is 117 Å². The van der Waals surface area contributed by atoms with Crippen LogP contribution in [0.4, 0.5) is 0 Å². The Morgan fingerprint density at radius 3 is 2.67 bits per heavy atom. The van der Waals surface area contributed by atoms with Crippen LogP contribution >= 0.6 is 23.2 Å². The number of imidazole rings is 1. The monoisotopic (exact) mass is 283 g/mol. The highest BCUT2D eigenvalue weighted by atomic mass is 35.5. The van der Waals surface area contributed by atoms with Gasteiger partial charge in [0.05, 0.1) is 0 Å². The van der Waals surface area contributed by atoms with Gasteiger partial charge in [0.1, 0.15) is 5.82 Å². The third-order valence-electron chi connectivity index (χ3n) is 2.69. The van der Waals surface area contributed by atoms with Crippen LogP contribution in [-0.4, -0.2) is 16.5 Å². The minimum absolute atomic E-state index is 0.691. The molecule has 0 fully saturated rings. The third kappa shape index (κ3) is 3.73. The second kappa shape index (κ2) is 6.78. The second-order valence-corrected chi connectivity index (χ2v) is 4.83. The normalized spacial score (nSPS) is 10.8. The van der Waals surface area contributed by atoms with Crippen molar-refractivity contribution < 1.29 is 0 Å². The van der Waals surface area contributed by atoms with Gasteiger partial charge < -0.3 is 10.3 Å². The van der Waals surface area contributed by atoms with Crippen molar-refractivity contribution in [2.24, 2.45) is 0 Å². The zero-order valence-corrected chi connectivity index (χ0v) is 11.4. The van der Waals surface area contributed by atoms with E-state index in [1.165, 1.54) is 0 Å². The number of benzene rings is 1. The molecule has 0 aliphatic heterocycles. The molecule has 0 saturated heterocycles. The molecule has 96 valence electrons. The second-order valence-electron chi connectivity index (χ2n) is 4.02. The molecule has 0 aliphatic carbocycles. The van der Waals surface area contributed by atoms with E-state index in [4.69, 9.17) is 23.2 Å². The van der Waals surface area contributed by atoms with Gasteiger partial charge in [-0.1, -0.05) is 29.3 Å². The highest BCUT2D eigenvalue weighted by Crippen LogP contribution is 2.23. The van der Waals surface area contributed by atoms with E-state index in [9.17, 15) is 0 Å². The Balaban J connectivity index is 1.72. The van der Waals surface area contributed by atoms with Crippen molar-refractivity contribution in [3.63, 3.8) is 0 Å². The number of nitrogens with one attached hydrogen (secondary N) is 2. The van der Waals surface area contributed by atoms with Crippen LogP contribution in [0.3, 0.4) is 0 Å². The summed E-state index contributed by atoms with van der Waals surface area (Å²) < 4.78 is 0. The van der Waals surface area contributed by atoms with Crippen LogP contribution in [0.5, 0.6) is 0 Å². The van der Waals surface area contributed by atoms with Crippen LogP contribution in [0.15, 0.2) is 30.6 Å². The van der Waals surface area contributed by atoms with Gasteiger partial charge in [-0.15, -0.1) is 0 Å². The quantitative estimate of drug-likeness (QED) is 0.798. The SMILES string of the molecule is Clc1cccc(Cl)c1CNCCCc1ncc[nH]1.